The first kappa shape index (κ1) is 24.5. The van der Waals surface area contributed by atoms with E-state index < -0.39 is 0 Å². The molecule has 0 heterocycles. The van der Waals surface area contributed by atoms with Crippen molar-refractivity contribution in [2.75, 3.05) is 0 Å². The predicted octanol–water partition coefficient (Wildman–Crippen LogP) is 9.55. The lowest BCUT2D eigenvalue weighted by atomic mass is 10.1. The molecule has 0 aromatic heterocycles. The Morgan fingerprint density at radius 3 is 1.04 bits per heavy atom. The van der Waals surface area contributed by atoms with Crippen LogP contribution < -0.4 is 0 Å². The van der Waals surface area contributed by atoms with E-state index in [1.165, 1.54) is 122 Å². The standard InChI is InChI=1S/C25H48/c1-3-5-7-9-11-13-15-17-19-21-23-25-24-22-20-18-16-14-12-10-8-6-4-2/h5,7,20,22H,3-4,6,8-19,21,23-25H2,1-2H3. The minimum atomic E-state index is 1.19. The lowest BCUT2D eigenvalue weighted by Crippen LogP contribution is -1.81. The largest absolute Gasteiger partial charge is 0.0888 e. The highest BCUT2D eigenvalue weighted by Gasteiger charge is 1.92. The zero-order chi connectivity index (χ0) is 18.3. The zero-order valence-electron chi connectivity index (χ0n) is 17.7. The average Bonchev–Trinajstić information content (AvgIpc) is 2.63. The smallest absolute Gasteiger partial charge is 0.0351 e. The SMILES string of the molecule is CCC=CCCCCCCCCCCC=CCCCCCCCCC. The maximum Gasteiger partial charge on any atom is -0.0351 e. The van der Waals surface area contributed by atoms with E-state index in [9.17, 15) is 0 Å². The van der Waals surface area contributed by atoms with Gasteiger partial charge in [0.2, 0.25) is 0 Å². The second kappa shape index (κ2) is 23.5. The van der Waals surface area contributed by atoms with Crippen LogP contribution >= 0.6 is 0 Å². The van der Waals surface area contributed by atoms with E-state index in [0.717, 1.165) is 0 Å². The molecule has 0 aromatic rings. The first-order chi connectivity index (χ1) is 12.4. The molecule has 0 rings (SSSR count). The van der Waals surface area contributed by atoms with Crippen molar-refractivity contribution in [3.05, 3.63) is 24.3 Å². The molecule has 0 aliphatic rings. The number of rotatable bonds is 20. The lowest BCUT2D eigenvalue weighted by molar-refractivity contribution is 0.570. The van der Waals surface area contributed by atoms with Crippen LogP contribution in [0.3, 0.4) is 0 Å². The number of hydrogen-bond acceptors (Lipinski definition) is 0. The van der Waals surface area contributed by atoms with E-state index in [1.54, 1.807) is 0 Å². The Bertz CT molecular complexity index is 274. The Hall–Kier alpha value is -0.520. The average molecular weight is 349 g/mol. The van der Waals surface area contributed by atoms with Gasteiger partial charge in [0.1, 0.15) is 0 Å². The van der Waals surface area contributed by atoms with Crippen LogP contribution in [0, 0.1) is 0 Å². The minimum absolute atomic E-state index is 1.19. The van der Waals surface area contributed by atoms with Gasteiger partial charge in [0.05, 0.1) is 0 Å². The predicted molar refractivity (Wildman–Crippen MR) is 117 cm³/mol. The van der Waals surface area contributed by atoms with Crippen LogP contribution in [-0.2, 0) is 0 Å². The number of hydrogen-bond donors (Lipinski definition) is 0. The summed E-state index contributed by atoms with van der Waals surface area (Å²) in [6.07, 6.45) is 36.0. The molecule has 0 unspecified atom stereocenters. The summed E-state index contributed by atoms with van der Waals surface area (Å²) in [7, 11) is 0. The van der Waals surface area contributed by atoms with Gasteiger partial charge in [-0.2, -0.15) is 0 Å². The first-order valence-electron chi connectivity index (χ1n) is 11.7. The van der Waals surface area contributed by atoms with Gasteiger partial charge in [-0.15, -0.1) is 0 Å². The van der Waals surface area contributed by atoms with Crippen molar-refractivity contribution < 1.29 is 0 Å². The molecular weight excluding hydrogens is 300 g/mol. The van der Waals surface area contributed by atoms with Crippen molar-refractivity contribution in [1.29, 1.82) is 0 Å². The normalized spacial score (nSPS) is 11.9. The quantitative estimate of drug-likeness (QED) is 0.152. The summed E-state index contributed by atoms with van der Waals surface area (Å²) in [5, 5.41) is 0. The van der Waals surface area contributed by atoms with Crippen LogP contribution in [0.4, 0.5) is 0 Å². The van der Waals surface area contributed by atoms with Gasteiger partial charge < -0.3 is 0 Å². The van der Waals surface area contributed by atoms with Crippen molar-refractivity contribution >= 4 is 0 Å². The summed E-state index contributed by atoms with van der Waals surface area (Å²) in [6, 6.07) is 0. The van der Waals surface area contributed by atoms with Crippen molar-refractivity contribution in [1.82, 2.24) is 0 Å². The van der Waals surface area contributed by atoms with Crippen molar-refractivity contribution in [3.63, 3.8) is 0 Å². The molecule has 0 nitrogen and oxygen atoms in total. The van der Waals surface area contributed by atoms with Crippen LogP contribution in [0.25, 0.3) is 0 Å². The molecule has 0 atom stereocenters. The Kier molecular flexibility index (Phi) is 23.0. The molecule has 25 heavy (non-hydrogen) atoms. The zero-order valence-corrected chi connectivity index (χ0v) is 17.7. The molecule has 0 aliphatic carbocycles. The van der Waals surface area contributed by atoms with Gasteiger partial charge in [-0.25, -0.2) is 0 Å². The van der Waals surface area contributed by atoms with E-state index >= 15 is 0 Å². The van der Waals surface area contributed by atoms with E-state index in [2.05, 4.69) is 38.2 Å². The maximum atomic E-state index is 2.43. The van der Waals surface area contributed by atoms with Crippen molar-refractivity contribution in [2.24, 2.45) is 0 Å². The highest BCUT2D eigenvalue weighted by atomic mass is 14.0. The lowest BCUT2D eigenvalue weighted by Gasteiger charge is -2.01. The number of unbranched alkanes of at least 4 members (excludes halogenated alkanes) is 16. The molecule has 0 heteroatoms. The van der Waals surface area contributed by atoms with E-state index in [4.69, 9.17) is 0 Å². The molecule has 0 amide bonds. The van der Waals surface area contributed by atoms with Crippen LogP contribution in [-0.4, -0.2) is 0 Å². The Balaban J connectivity index is 3.07. The molecule has 0 bridgehead atoms. The van der Waals surface area contributed by atoms with Gasteiger partial charge in [-0.3, -0.25) is 0 Å². The molecule has 0 aliphatic heterocycles. The van der Waals surface area contributed by atoms with Crippen molar-refractivity contribution in [3.8, 4) is 0 Å². The summed E-state index contributed by atoms with van der Waals surface area (Å²) < 4.78 is 0. The van der Waals surface area contributed by atoms with Gasteiger partial charge in [0.15, 0.2) is 0 Å². The highest BCUT2D eigenvalue weighted by Crippen LogP contribution is 2.12. The molecule has 0 fully saturated rings. The fourth-order valence-corrected chi connectivity index (χ4v) is 3.32. The van der Waals surface area contributed by atoms with Gasteiger partial charge in [-0.1, -0.05) is 115 Å². The first-order valence-corrected chi connectivity index (χ1v) is 11.7. The molecule has 0 N–H and O–H groups in total. The Labute approximate surface area is 160 Å². The van der Waals surface area contributed by atoms with Gasteiger partial charge in [0.25, 0.3) is 0 Å². The molecule has 148 valence electrons. The topological polar surface area (TPSA) is 0 Å². The molecule has 0 spiro atoms. The fourth-order valence-electron chi connectivity index (χ4n) is 3.32. The minimum Gasteiger partial charge on any atom is -0.0888 e. The Morgan fingerprint density at radius 1 is 0.360 bits per heavy atom. The van der Waals surface area contributed by atoms with Crippen LogP contribution in [0.1, 0.15) is 136 Å². The maximum absolute atomic E-state index is 2.43. The van der Waals surface area contributed by atoms with E-state index in [-0.39, 0.29) is 0 Å². The van der Waals surface area contributed by atoms with Crippen LogP contribution in [0.2, 0.25) is 0 Å². The fraction of sp³-hybridized carbons (Fsp3) is 0.840. The highest BCUT2D eigenvalue weighted by molar-refractivity contribution is 4.81. The third-order valence-electron chi connectivity index (χ3n) is 5.03. The summed E-state index contributed by atoms with van der Waals surface area (Å²) in [5.41, 5.74) is 0. The third kappa shape index (κ3) is 23.5. The Morgan fingerprint density at radius 2 is 0.680 bits per heavy atom. The van der Waals surface area contributed by atoms with Gasteiger partial charge in [0, 0.05) is 0 Å². The van der Waals surface area contributed by atoms with Crippen LogP contribution in [0.15, 0.2) is 24.3 Å². The second-order valence-electron chi connectivity index (χ2n) is 7.67. The van der Waals surface area contributed by atoms with Gasteiger partial charge >= 0.3 is 0 Å². The molecule has 0 aromatic carbocycles. The van der Waals surface area contributed by atoms with E-state index in [1.807, 2.05) is 0 Å². The monoisotopic (exact) mass is 348 g/mol. The summed E-state index contributed by atoms with van der Waals surface area (Å²) in [4.78, 5) is 0. The molecular formula is C25H48. The molecule has 0 saturated carbocycles. The van der Waals surface area contributed by atoms with Crippen molar-refractivity contribution in [2.45, 2.75) is 136 Å². The summed E-state index contributed by atoms with van der Waals surface area (Å²) >= 11 is 0. The van der Waals surface area contributed by atoms with Gasteiger partial charge in [-0.05, 0) is 44.9 Å². The molecule has 0 saturated heterocycles. The number of allylic oxidation sites excluding steroid dienone is 4. The van der Waals surface area contributed by atoms with Crippen LogP contribution in [0.5, 0.6) is 0 Å². The molecule has 0 radical (unpaired) electrons. The summed E-state index contributed by atoms with van der Waals surface area (Å²) in [5.74, 6) is 0. The van der Waals surface area contributed by atoms with E-state index in [0.29, 0.717) is 0 Å². The summed E-state index contributed by atoms with van der Waals surface area (Å²) in [6.45, 7) is 4.50. The third-order valence-corrected chi connectivity index (χ3v) is 5.03. The second-order valence-corrected chi connectivity index (χ2v) is 7.67.